The smallest absolute Gasteiger partial charge is 0.239 e. The van der Waals surface area contributed by atoms with E-state index in [-0.39, 0.29) is 0 Å². The Labute approximate surface area is 228 Å². The molecule has 39 heavy (non-hydrogen) atoms. The molecule has 0 spiro atoms. The van der Waals surface area contributed by atoms with Crippen LogP contribution in [-0.4, -0.2) is 89.2 Å². The van der Waals surface area contributed by atoms with Gasteiger partial charge in [-0.15, -0.1) is 0 Å². The maximum atomic E-state index is 10.6. The number of hydrogen-bond acceptors (Lipinski definition) is 9. The fourth-order valence-corrected chi connectivity index (χ4v) is 5.85. The van der Waals surface area contributed by atoms with Crippen LogP contribution in [0, 0.1) is 5.92 Å². The van der Waals surface area contributed by atoms with Gasteiger partial charge in [0.05, 0.1) is 36.4 Å². The van der Waals surface area contributed by atoms with Crippen LogP contribution in [0.5, 0.6) is 0 Å². The Kier molecular flexibility index (Phi) is 6.78. The van der Waals surface area contributed by atoms with E-state index in [1.165, 1.54) is 0 Å². The van der Waals surface area contributed by atoms with Crippen molar-refractivity contribution in [2.24, 2.45) is 13.0 Å². The van der Waals surface area contributed by atoms with Crippen molar-refractivity contribution in [1.82, 2.24) is 34.0 Å². The third-order valence-electron chi connectivity index (χ3n) is 8.20. The second-order valence-corrected chi connectivity index (χ2v) is 11.4. The highest BCUT2D eigenvalue weighted by atomic mass is 16.5. The Morgan fingerprint density at radius 1 is 1.03 bits per heavy atom. The third-order valence-corrected chi connectivity index (χ3v) is 8.20. The number of benzene rings is 1. The molecule has 6 rings (SSSR count). The quantitative estimate of drug-likeness (QED) is 0.385. The molecule has 2 saturated heterocycles. The lowest BCUT2D eigenvalue weighted by Crippen LogP contribution is -2.41. The number of aliphatic hydroxyl groups is 2. The molecule has 0 bridgehead atoms. The number of hydrogen-bond donors (Lipinski definition) is 2. The Balaban J connectivity index is 1.43. The summed E-state index contributed by atoms with van der Waals surface area (Å²) in [6.45, 7) is 10.8. The number of morpholine rings is 1. The Hall–Kier alpha value is -3.12. The number of para-hydroxylation sites is 2. The first-order valence-corrected chi connectivity index (χ1v) is 13.9. The standard InChI is InChI=1S/C28H38N8O3/c1-18(37)24-29-20-7-5-6-8-21(20)36(24)27-31-25-23(26(32-27)35-13-15-39-16-14-35)30-22(33(25)4)17-34-11-9-19(10-12-34)28(2,3)38/h5-8,18-19,37-38H,9-17H2,1-4H3/t18-/m0/s1. The lowest BCUT2D eigenvalue weighted by Gasteiger charge is -2.37. The summed E-state index contributed by atoms with van der Waals surface area (Å²) in [4.78, 5) is 24.5. The molecular formula is C28H38N8O3. The van der Waals surface area contributed by atoms with Crippen molar-refractivity contribution in [2.45, 2.75) is 51.9 Å². The van der Waals surface area contributed by atoms with Crippen LogP contribution < -0.4 is 4.90 Å². The van der Waals surface area contributed by atoms with Gasteiger partial charge in [0.2, 0.25) is 5.95 Å². The van der Waals surface area contributed by atoms with Gasteiger partial charge in [-0.3, -0.25) is 9.47 Å². The highest BCUT2D eigenvalue weighted by molar-refractivity contribution is 5.86. The number of fused-ring (bicyclic) bond motifs is 2. The number of nitrogens with zero attached hydrogens (tertiary/aromatic N) is 8. The van der Waals surface area contributed by atoms with Crippen LogP contribution in [0.15, 0.2) is 24.3 Å². The van der Waals surface area contributed by atoms with E-state index < -0.39 is 11.7 Å². The van der Waals surface area contributed by atoms with E-state index in [1.54, 1.807) is 6.92 Å². The molecule has 2 fully saturated rings. The van der Waals surface area contributed by atoms with Gasteiger partial charge in [-0.25, -0.2) is 9.97 Å². The lowest BCUT2D eigenvalue weighted by atomic mass is 9.83. The van der Waals surface area contributed by atoms with E-state index in [1.807, 2.05) is 49.7 Å². The van der Waals surface area contributed by atoms with Crippen molar-refractivity contribution in [3.63, 3.8) is 0 Å². The number of aromatic nitrogens is 6. The predicted octanol–water partition coefficient (Wildman–Crippen LogP) is 2.58. The first kappa shape index (κ1) is 26.1. The molecule has 1 atom stereocenters. The molecule has 0 saturated carbocycles. The molecule has 2 N–H and O–H groups in total. The summed E-state index contributed by atoms with van der Waals surface area (Å²) in [5.41, 5.74) is 2.50. The van der Waals surface area contributed by atoms with Crippen molar-refractivity contribution < 1.29 is 14.9 Å². The van der Waals surface area contributed by atoms with Crippen molar-refractivity contribution in [3.05, 3.63) is 35.9 Å². The highest BCUT2D eigenvalue weighted by Gasteiger charge is 2.31. The summed E-state index contributed by atoms with van der Waals surface area (Å²) in [5.74, 6) is 2.98. The SMILES string of the molecule is C[C@H](O)c1nc2ccccc2n1-c1nc(N2CCOCC2)c2nc(CN3CCC(C(C)(C)O)CC3)n(C)c2n1. The van der Waals surface area contributed by atoms with Crippen molar-refractivity contribution in [2.75, 3.05) is 44.3 Å². The zero-order valence-corrected chi connectivity index (χ0v) is 23.2. The molecule has 3 aromatic heterocycles. The summed E-state index contributed by atoms with van der Waals surface area (Å²) >= 11 is 0. The van der Waals surface area contributed by atoms with Gasteiger partial charge >= 0.3 is 0 Å². The molecule has 2 aliphatic heterocycles. The fraction of sp³-hybridized carbons (Fsp3) is 0.571. The van der Waals surface area contributed by atoms with Crippen LogP contribution in [-0.2, 0) is 18.3 Å². The summed E-state index contributed by atoms with van der Waals surface area (Å²) in [5, 5.41) is 21.1. The molecular weight excluding hydrogens is 496 g/mol. The van der Waals surface area contributed by atoms with Gasteiger partial charge in [0.1, 0.15) is 17.8 Å². The average molecular weight is 535 g/mol. The molecule has 0 amide bonds. The van der Waals surface area contributed by atoms with E-state index in [2.05, 4.69) is 14.4 Å². The van der Waals surface area contributed by atoms with E-state index in [4.69, 9.17) is 24.7 Å². The minimum atomic E-state index is -0.794. The first-order chi connectivity index (χ1) is 18.7. The molecule has 0 aliphatic carbocycles. The highest BCUT2D eigenvalue weighted by Crippen LogP contribution is 2.31. The summed E-state index contributed by atoms with van der Waals surface area (Å²) in [6.07, 6.45) is 1.14. The minimum Gasteiger partial charge on any atom is -0.390 e. The zero-order chi connectivity index (χ0) is 27.3. The minimum absolute atomic E-state index is 0.309. The van der Waals surface area contributed by atoms with Crippen LogP contribution >= 0.6 is 0 Å². The number of aliphatic hydroxyl groups excluding tert-OH is 1. The maximum absolute atomic E-state index is 10.6. The van der Waals surface area contributed by atoms with E-state index in [0.717, 1.165) is 72.9 Å². The molecule has 11 nitrogen and oxygen atoms in total. The number of likely N-dealkylation sites (tertiary alicyclic amines) is 1. The average Bonchev–Trinajstić information content (AvgIpc) is 3.47. The number of rotatable bonds is 6. The van der Waals surface area contributed by atoms with Crippen LogP contribution in [0.2, 0.25) is 0 Å². The van der Waals surface area contributed by atoms with E-state index >= 15 is 0 Å². The van der Waals surface area contributed by atoms with E-state index in [0.29, 0.717) is 37.4 Å². The summed E-state index contributed by atoms with van der Waals surface area (Å²) in [7, 11) is 2.01. The van der Waals surface area contributed by atoms with Gasteiger partial charge in [-0.2, -0.15) is 9.97 Å². The van der Waals surface area contributed by atoms with Gasteiger partial charge < -0.3 is 24.4 Å². The molecule has 2 aliphatic rings. The number of anilines is 1. The third kappa shape index (κ3) is 4.88. The number of piperidine rings is 1. The monoisotopic (exact) mass is 534 g/mol. The molecule has 4 aromatic rings. The molecule has 11 heteroatoms. The number of imidazole rings is 2. The van der Waals surface area contributed by atoms with Gasteiger partial charge in [0.25, 0.3) is 0 Å². The summed E-state index contributed by atoms with van der Waals surface area (Å²) in [6, 6.07) is 7.80. The van der Waals surface area contributed by atoms with Crippen LogP contribution in [0.4, 0.5) is 5.82 Å². The summed E-state index contributed by atoms with van der Waals surface area (Å²) < 4.78 is 9.54. The number of aryl methyl sites for hydroxylation is 1. The van der Waals surface area contributed by atoms with Crippen LogP contribution in [0.1, 0.15) is 51.4 Å². The van der Waals surface area contributed by atoms with Crippen molar-refractivity contribution >= 4 is 28.0 Å². The molecule has 1 aromatic carbocycles. The predicted molar refractivity (Wildman–Crippen MR) is 149 cm³/mol. The van der Waals surface area contributed by atoms with Gasteiger partial charge in [0, 0.05) is 20.1 Å². The van der Waals surface area contributed by atoms with Gasteiger partial charge in [0.15, 0.2) is 17.0 Å². The van der Waals surface area contributed by atoms with Crippen LogP contribution in [0.3, 0.4) is 0 Å². The first-order valence-electron chi connectivity index (χ1n) is 13.9. The Morgan fingerprint density at radius 2 is 1.74 bits per heavy atom. The zero-order valence-electron chi connectivity index (χ0n) is 23.2. The normalized spacial score (nSPS) is 18.9. The number of ether oxygens (including phenoxy) is 1. The van der Waals surface area contributed by atoms with Gasteiger partial charge in [-0.1, -0.05) is 12.1 Å². The lowest BCUT2D eigenvalue weighted by molar-refractivity contribution is -0.0139. The fourth-order valence-electron chi connectivity index (χ4n) is 5.85. The van der Waals surface area contributed by atoms with Crippen LogP contribution in [0.25, 0.3) is 28.1 Å². The van der Waals surface area contributed by atoms with Crippen molar-refractivity contribution in [1.29, 1.82) is 0 Å². The second kappa shape index (κ2) is 10.1. The largest absolute Gasteiger partial charge is 0.390 e. The molecule has 208 valence electrons. The Bertz CT molecular complexity index is 1470. The molecule has 0 unspecified atom stereocenters. The maximum Gasteiger partial charge on any atom is 0.239 e. The second-order valence-electron chi connectivity index (χ2n) is 11.4. The molecule has 0 radical (unpaired) electrons. The van der Waals surface area contributed by atoms with Gasteiger partial charge in [-0.05, 0) is 64.8 Å². The Morgan fingerprint density at radius 3 is 2.44 bits per heavy atom. The van der Waals surface area contributed by atoms with E-state index in [9.17, 15) is 10.2 Å². The molecule has 5 heterocycles. The van der Waals surface area contributed by atoms with Crippen molar-refractivity contribution in [3.8, 4) is 5.95 Å². The topological polar surface area (TPSA) is 118 Å².